The van der Waals surface area contributed by atoms with E-state index in [1.807, 2.05) is 36.7 Å². The van der Waals surface area contributed by atoms with Gasteiger partial charge < -0.3 is 18.8 Å². The van der Waals surface area contributed by atoms with Crippen molar-refractivity contribution in [2.24, 2.45) is 14.1 Å². The van der Waals surface area contributed by atoms with Gasteiger partial charge in [-0.05, 0) is 37.5 Å². The molecule has 1 aromatic carbocycles. The van der Waals surface area contributed by atoms with Gasteiger partial charge >= 0.3 is 0 Å². The van der Waals surface area contributed by atoms with Crippen LogP contribution in [0.25, 0.3) is 10.9 Å². The summed E-state index contributed by atoms with van der Waals surface area (Å²) >= 11 is 0. The summed E-state index contributed by atoms with van der Waals surface area (Å²) in [7, 11) is 5.24. The van der Waals surface area contributed by atoms with E-state index < -0.39 is 0 Å². The van der Waals surface area contributed by atoms with Gasteiger partial charge in [-0.15, -0.1) is 0 Å². The van der Waals surface area contributed by atoms with Crippen molar-refractivity contribution in [1.29, 1.82) is 0 Å². The Morgan fingerprint density at radius 1 is 1.15 bits per heavy atom. The van der Waals surface area contributed by atoms with Gasteiger partial charge in [0.15, 0.2) is 0 Å². The molecular formula is C21H23N3O3. The van der Waals surface area contributed by atoms with Gasteiger partial charge in [-0.1, -0.05) is 6.07 Å². The normalized spacial score (nSPS) is 13.7. The summed E-state index contributed by atoms with van der Waals surface area (Å²) in [6.45, 7) is 2.58. The zero-order valence-corrected chi connectivity index (χ0v) is 16.1. The van der Waals surface area contributed by atoms with E-state index >= 15 is 0 Å². The summed E-state index contributed by atoms with van der Waals surface area (Å²) < 4.78 is 8.89. The molecule has 140 valence electrons. The van der Waals surface area contributed by atoms with Crippen molar-refractivity contribution in [1.82, 2.24) is 9.13 Å². The largest absolute Gasteiger partial charge is 0.496 e. The first-order valence-corrected chi connectivity index (χ1v) is 9.07. The maximum absolute atomic E-state index is 13.5. The fourth-order valence-electron chi connectivity index (χ4n) is 4.21. The van der Waals surface area contributed by atoms with Crippen molar-refractivity contribution in [3.8, 4) is 5.75 Å². The van der Waals surface area contributed by atoms with E-state index in [2.05, 4.69) is 0 Å². The molecule has 0 saturated heterocycles. The minimum atomic E-state index is -0.151. The third kappa shape index (κ3) is 2.55. The van der Waals surface area contributed by atoms with Crippen molar-refractivity contribution >= 4 is 22.5 Å². The number of methoxy groups -OCH3 is 1. The van der Waals surface area contributed by atoms with Gasteiger partial charge in [0.1, 0.15) is 5.75 Å². The lowest BCUT2D eigenvalue weighted by atomic mass is 9.99. The van der Waals surface area contributed by atoms with E-state index in [4.69, 9.17) is 4.74 Å². The number of rotatable bonds is 2. The lowest BCUT2D eigenvalue weighted by molar-refractivity contribution is 0.0986. The summed E-state index contributed by atoms with van der Waals surface area (Å²) in [4.78, 5) is 28.1. The van der Waals surface area contributed by atoms with Crippen LogP contribution in [0.2, 0.25) is 0 Å². The number of carbonyl (C=O) groups excluding carboxylic acids is 1. The number of carbonyl (C=O) groups is 1. The Bertz CT molecular complexity index is 1120. The quantitative estimate of drug-likeness (QED) is 0.702. The van der Waals surface area contributed by atoms with E-state index in [-0.39, 0.29) is 11.5 Å². The molecular weight excluding hydrogens is 342 g/mol. The highest BCUT2D eigenvalue weighted by molar-refractivity contribution is 6.14. The first kappa shape index (κ1) is 17.4. The molecule has 0 fully saturated rings. The number of amides is 1. The van der Waals surface area contributed by atoms with Gasteiger partial charge in [-0.2, -0.15) is 0 Å². The molecule has 6 heteroatoms. The molecule has 1 aliphatic heterocycles. The number of aryl methyl sites for hydroxylation is 3. The Labute approximate surface area is 157 Å². The Morgan fingerprint density at radius 3 is 2.67 bits per heavy atom. The average molecular weight is 365 g/mol. The van der Waals surface area contributed by atoms with Crippen LogP contribution in [0.15, 0.2) is 35.4 Å². The number of fused-ring (bicyclic) bond motifs is 2. The number of hydrogen-bond acceptors (Lipinski definition) is 3. The van der Waals surface area contributed by atoms with Crippen LogP contribution in [0.5, 0.6) is 5.75 Å². The van der Waals surface area contributed by atoms with Gasteiger partial charge in [0, 0.05) is 38.6 Å². The summed E-state index contributed by atoms with van der Waals surface area (Å²) in [5.74, 6) is 0.659. The fourth-order valence-corrected chi connectivity index (χ4v) is 4.21. The molecule has 0 saturated carbocycles. The Balaban J connectivity index is 1.90. The van der Waals surface area contributed by atoms with E-state index in [0.29, 0.717) is 17.5 Å². The molecule has 3 aromatic rings. The topological polar surface area (TPSA) is 56.5 Å². The molecule has 0 unspecified atom stereocenters. The highest BCUT2D eigenvalue weighted by Crippen LogP contribution is 2.35. The third-order valence-electron chi connectivity index (χ3n) is 5.38. The molecule has 4 rings (SSSR count). The smallest absolute Gasteiger partial charge is 0.260 e. The van der Waals surface area contributed by atoms with Crippen LogP contribution in [-0.4, -0.2) is 28.7 Å². The van der Waals surface area contributed by atoms with Gasteiger partial charge in [-0.3, -0.25) is 9.59 Å². The summed E-state index contributed by atoms with van der Waals surface area (Å²) in [5, 5.41) is 0.486. The lowest BCUT2D eigenvalue weighted by Gasteiger charge is -2.30. The first-order chi connectivity index (χ1) is 12.9. The minimum Gasteiger partial charge on any atom is -0.496 e. The van der Waals surface area contributed by atoms with Gasteiger partial charge in [0.25, 0.3) is 11.5 Å². The number of nitrogens with zero attached hydrogens (tertiary/aromatic N) is 3. The molecule has 1 amide bonds. The van der Waals surface area contributed by atoms with Crippen LogP contribution in [-0.2, 0) is 20.5 Å². The molecule has 1 aliphatic rings. The Morgan fingerprint density at radius 2 is 1.93 bits per heavy atom. The average Bonchev–Trinajstić information content (AvgIpc) is 3.02. The highest BCUT2D eigenvalue weighted by atomic mass is 16.5. The predicted octanol–water partition coefficient (Wildman–Crippen LogP) is 2.79. The number of anilines is 1. The van der Waals surface area contributed by atoms with Gasteiger partial charge in [0.05, 0.1) is 29.3 Å². The van der Waals surface area contributed by atoms with Crippen molar-refractivity contribution in [3.05, 3.63) is 57.6 Å². The van der Waals surface area contributed by atoms with E-state index in [1.165, 1.54) is 0 Å². The molecule has 6 nitrogen and oxygen atoms in total. The molecule has 0 radical (unpaired) electrons. The number of ether oxygens (including phenoxy) is 1. The van der Waals surface area contributed by atoms with E-state index in [1.54, 1.807) is 36.0 Å². The number of aromatic nitrogens is 2. The standard InChI is InChI=1S/C21H23N3O3/c1-13-11-23(3)21(26)18-15(12-22(2)19(13)18)20(25)24-10-6-7-14-16(24)8-5-9-17(14)27-4/h5,8-9,11-12H,6-7,10H2,1-4H3. The molecule has 0 atom stereocenters. The molecule has 2 aromatic heterocycles. The predicted molar refractivity (Wildman–Crippen MR) is 106 cm³/mol. The third-order valence-corrected chi connectivity index (χ3v) is 5.38. The SMILES string of the molecule is COc1cccc2c1CCCN2C(=O)c1cn(C)c2c(C)cn(C)c(=O)c12. The van der Waals surface area contributed by atoms with Crippen LogP contribution < -0.4 is 15.2 Å². The highest BCUT2D eigenvalue weighted by Gasteiger charge is 2.29. The minimum absolute atomic E-state index is 0.141. The molecule has 0 spiro atoms. The van der Waals surface area contributed by atoms with Crippen LogP contribution in [0.3, 0.4) is 0 Å². The molecule has 27 heavy (non-hydrogen) atoms. The molecule has 0 aliphatic carbocycles. The van der Waals surface area contributed by atoms with Crippen molar-refractivity contribution in [2.75, 3.05) is 18.6 Å². The second-order valence-corrected chi connectivity index (χ2v) is 7.12. The summed E-state index contributed by atoms with van der Waals surface area (Å²) in [5.41, 5.74) is 3.99. The van der Waals surface area contributed by atoms with Gasteiger partial charge in [-0.25, -0.2) is 0 Å². The lowest BCUT2D eigenvalue weighted by Crippen LogP contribution is -2.36. The maximum atomic E-state index is 13.5. The fraction of sp³-hybridized carbons (Fsp3) is 0.333. The van der Waals surface area contributed by atoms with Gasteiger partial charge in [0.2, 0.25) is 0 Å². The van der Waals surface area contributed by atoms with Crippen molar-refractivity contribution in [3.63, 3.8) is 0 Å². The van der Waals surface area contributed by atoms with Crippen LogP contribution in [0, 0.1) is 6.92 Å². The Hall–Kier alpha value is -3.02. The zero-order valence-electron chi connectivity index (χ0n) is 16.1. The van der Waals surface area contributed by atoms with E-state index in [9.17, 15) is 9.59 Å². The zero-order chi connectivity index (χ0) is 19.3. The second-order valence-electron chi connectivity index (χ2n) is 7.12. The Kier molecular flexibility index (Phi) is 4.06. The number of pyridine rings is 1. The first-order valence-electron chi connectivity index (χ1n) is 9.07. The summed E-state index contributed by atoms with van der Waals surface area (Å²) in [6, 6.07) is 5.77. The summed E-state index contributed by atoms with van der Waals surface area (Å²) in [6.07, 6.45) is 5.32. The van der Waals surface area contributed by atoms with Crippen molar-refractivity contribution < 1.29 is 9.53 Å². The molecule has 0 N–H and O–H groups in total. The maximum Gasteiger partial charge on any atom is 0.260 e. The number of hydrogen-bond donors (Lipinski definition) is 0. The van der Waals surface area contributed by atoms with Crippen molar-refractivity contribution in [2.45, 2.75) is 19.8 Å². The van der Waals surface area contributed by atoms with Crippen LogP contribution in [0.1, 0.15) is 27.9 Å². The monoisotopic (exact) mass is 365 g/mol. The molecule has 0 bridgehead atoms. The van der Waals surface area contributed by atoms with Crippen LogP contribution in [0.4, 0.5) is 5.69 Å². The second kappa shape index (κ2) is 6.30. The van der Waals surface area contributed by atoms with E-state index in [0.717, 1.165) is 40.9 Å². The number of benzene rings is 1. The molecule has 3 heterocycles. The van der Waals surface area contributed by atoms with Crippen LogP contribution >= 0.6 is 0 Å².